The SMILES string of the molecule is CC(C)(C)OC(=O)CC[C@]1(C(=O)NNCc2c(F)cccc2F)N=C(c2ccc(OCCCO)cc2)O[C@H]1c1ccccc1Br. The topological polar surface area (TPSA) is 118 Å². The van der Waals surface area contributed by atoms with Gasteiger partial charge in [-0.1, -0.05) is 40.2 Å². The van der Waals surface area contributed by atoms with Gasteiger partial charge in [-0.05, 0) is 69.7 Å². The van der Waals surface area contributed by atoms with Gasteiger partial charge in [-0.25, -0.2) is 19.2 Å². The molecule has 0 unspecified atom stereocenters. The first-order valence-electron chi connectivity index (χ1n) is 14.5. The Labute approximate surface area is 269 Å². The smallest absolute Gasteiger partial charge is 0.306 e. The van der Waals surface area contributed by atoms with E-state index in [1.807, 2.05) is 6.07 Å². The molecule has 240 valence electrons. The number of hydrogen-bond acceptors (Lipinski definition) is 8. The van der Waals surface area contributed by atoms with Crippen LogP contribution in [0.4, 0.5) is 8.78 Å². The molecule has 12 heteroatoms. The minimum Gasteiger partial charge on any atom is -0.494 e. The number of amides is 1. The molecule has 1 aliphatic rings. The minimum atomic E-state index is -1.70. The van der Waals surface area contributed by atoms with Gasteiger partial charge in [-0.2, -0.15) is 0 Å². The van der Waals surface area contributed by atoms with Crippen molar-refractivity contribution in [2.45, 2.75) is 63.8 Å². The number of aliphatic hydroxyl groups excluding tert-OH is 1. The van der Waals surface area contributed by atoms with Crippen molar-refractivity contribution in [3.05, 3.63) is 99.5 Å². The largest absolute Gasteiger partial charge is 0.494 e. The van der Waals surface area contributed by atoms with Crippen molar-refractivity contribution in [1.82, 2.24) is 10.9 Å². The normalized spacial score (nSPS) is 17.8. The van der Waals surface area contributed by atoms with Gasteiger partial charge in [0.1, 0.15) is 23.0 Å². The van der Waals surface area contributed by atoms with Crippen molar-refractivity contribution in [3.8, 4) is 5.75 Å². The summed E-state index contributed by atoms with van der Waals surface area (Å²) in [5, 5.41) is 9.02. The number of aliphatic hydroxyl groups is 1. The number of hydrogen-bond donors (Lipinski definition) is 3. The summed E-state index contributed by atoms with van der Waals surface area (Å²) in [6, 6.07) is 17.6. The number of rotatable bonds is 13. The molecule has 1 amide bonds. The first-order valence-corrected chi connectivity index (χ1v) is 15.3. The van der Waals surface area contributed by atoms with Gasteiger partial charge in [0.15, 0.2) is 11.6 Å². The maximum absolute atomic E-state index is 14.3. The van der Waals surface area contributed by atoms with Gasteiger partial charge >= 0.3 is 5.97 Å². The fraction of sp³-hybridized carbons (Fsp3) is 0.364. The molecule has 0 radical (unpaired) electrons. The Balaban J connectivity index is 1.70. The predicted molar refractivity (Wildman–Crippen MR) is 167 cm³/mol. The number of aliphatic imine (C=N–C) groups is 1. The summed E-state index contributed by atoms with van der Waals surface area (Å²) in [4.78, 5) is 31.8. The highest BCUT2D eigenvalue weighted by atomic mass is 79.9. The Bertz CT molecular complexity index is 1510. The summed E-state index contributed by atoms with van der Waals surface area (Å²) >= 11 is 3.55. The summed E-state index contributed by atoms with van der Waals surface area (Å²) in [7, 11) is 0. The molecule has 9 nitrogen and oxygen atoms in total. The van der Waals surface area contributed by atoms with Gasteiger partial charge in [0, 0.05) is 47.2 Å². The highest BCUT2D eigenvalue weighted by Gasteiger charge is 2.54. The van der Waals surface area contributed by atoms with E-state index in [0.717, 1.165) is 12.1 Å². The minimum absolute atomic E-state index is 0.0106. The molecule has 0 bridgehead atoms. The molecule has 0 spiro atoms. The monoisotopic (exact) mass is 687 g/mol. The zero-order valence-electron chi connectivity index (χ0n) is 25.2. The lowest BCUT2D eigenvalue weighted by Gasteiger charge is -2.31. The highest BCUT2D eigenvalue weighted by Crippen LogP contribution is 2.45. The predicted octanol–water partition coefficient (Wildman–Crippen LogP) is 5.69. The van der Waals surface area contributed by atoms with Gasteiger partial charge in [-0.15, -0.1) is 0 Å². The maximum atomic E-state index is 14.3. The number of ether oxygens (including phenoxy) is 3. The van der Waals surface area contributed by atoms with Gasteiger partial charge < -0.3 is 19.3 Å². The number of hydrazine groups is 1. The van der Waals surface area contributed by atoms with E-state index in [2.05, 4.69) is 26.8 Å². The second kappa shape index (κ2) is 14.9. The Morgan fingerprint density at radius 3 is 2.38 bits per heavy atom. The lowest BCUT2D eigenvalue weighted by atomic mass is 9.83. The van der Waals surface area contributed by atoms with Crippen LogP contribution < -0.4 is 15.6 Å². The Morgan fingerprint density at radius 2 is 1.73 bits per heavy atom. The van der Waals surface area contributed by atoms with Crippen LogP contribution in [0.25, 0.3) is 0 Å². The van der Waals surface area contributed by atoms with Crippen molar-refractivity contribution >= 4 is 33.7 Å². The summed E-state index contributed by atoms with van der Waals surface area (Å²) in [5.74, 6) is -2.02. The summed E-state index contributed by atoms with van der Waals surface area (Å²) in [5.41, 5.74) is 3.61. The van der Waals surface area contributed by atoms with E-state index in [9.17, 15) is 18.4 Å². The quantitative estimate of drug-likeness (QED) is 0.120. The average molecular weight is 689 g/mol. The zero-order valence-corrected chi connectivity index (χ0v) is 26.8. The summed E-state index contributed by atoms with van der Waals surface area (Å²) < 4.78 is 46.7. The van der Waals surface area contributed by atoms with E-state index < -0.39 is 40.8 Å². The standard InChI is InChI=1S/C33H36BrF2N3O6/c1-32(2,3)45-28(41)16-17-33(31(42)39-37-20-24-26(35)10-6-11-27(24)36)29(23-8-4-5-9-25(23)34)44-30(38-33)21-12-14-22(15-13-21)43-19-7-18-40/h4-6,8-15,29,37,40H,7,16-20H2,1-3H3,(H,39,42)/t29-,33-/m0/s1. The molecule has 0 saturated carbocycles. The fourth-order valence-corrected chi connectivity index (χ4v) is 5.24. The van der Waals surface area contributed by atoms with Gasteiger partial charge in [-0.3, -0.25) is 15.0 Å². The molecule has 1 heterocycles. The van der Waals surface area contributed by atoms with Gasteiger partial charge in [0.2, 0.25) is 5.90 Å². The third kappa shape index (κ3) is 8.65. The van der Waals surface area contributed by atoms with Crippen molar-refractivity contribution in [3.63, 3.8) is 0 Å². The number of nitrogens with one attached hydrogen (secondary N) is 2. The Kier molecular flexibility index (Phi) is 11.3. The van der Waals surface area contributed by atoms with Crippen molar-refractivity contribution in [2.75, 3.05) is 13.2 Å². The van der Waals surface area contributed by atoms with E-state index >= 15 is 0 Å². The van der Waals surface area contributed by atoms with Crippen LogP contribution in [0, 0.1) is 11.6 Å². The second-order valence-corrected chi connectivity index (χ2v) is 12.3. The molecule has 3 N–H and O–H groups in total. The van der Waals surface area contributed by atoms with Gasteiger partial charge in [0.25, 0.3) is 5.91 Å². The maximum Gasteiger partial charge on any atom is 0.306 e. The average Bonchev–Trinajstić information content (AvgIpc) is 3.38. The molecule has 45 heavy (non-hydrogen) atoms. The number of benzene rings is 3. The van der Waals surface area contributed by atoms with Crippen LogP contribution in [0.5, 0.6) is 5.75 Å². The number of carbonyl (C=O) groups is 2. The van der Waals surface area contributed by atoms with Crippen molar-refractivity contribution < 1.29 is 37.7 Å². The lowest BCUT2D eigenvalue weighted by Crippen LogP contribution is -2.53. The van der Waals surface area contributed by atoms with Crippen LogP contribution in [0.1, 0.15) is 62.8 Å². The molecule has 4 rings (SSSR count). The fourth-order valence-electron chi connectivity index (χ4n) is 4.74. The summed E-state index contributed by atoms with van der Waals surface area (Å²) in [6.07, 6.45) is -0.803. The van der Waals surface area contributed by atoms with Crippen LogP contribution in [0.2, 0.25) is 0 Å². The molecular formula is C33H36BrF2N3O6. The zero-order chi connectivity index (χ0) is 32.6. The van der Waals surface area contributed by atoms with E-state index in [1.165, 1.54) is 6.07 Å². The summed E-state index contributed by atoms with van der Waals surface area (Å²) in [6.45, 7) is 5.24. The van der Waals surface area contributed by atoms with Crippen LogP contribution in [0.15, 0.2) is 76.2 Å². The van der Waals surface area contributed by atoms with Crippen molar-refractivity contribution in [1.29, 1.82) is 0 Å². The van der Waals surface area contributed by atoms with Crippen LogP contribution >= 0.6 is 15.9 Å². The number of carbonyl (C=O) groups excluding carboxylic acids is 2. The van der Waals surface area contributed by atoms with Crippen LogP contribution in [-0.2, 0) is 25.6 Å². The van der Waals surface area contributed by atoms with E-state index in [1.54, 1.807) is 63.2 Å². The second-order valence-electron chi connectivity index (χ2n) is 11.4. The highest BCUT2D eigenvalue weighted by molar-refractivity contribution is 9.10. The lowest BCUT2D eigenvalue weighted by molar-refractivity contribution is -0.155. The molecular weight excluding hydrogens is 652 g/mol. The molecule has 3 aromatic rings. The number of halogens is 3. The Hall–Kier alpha value is -3.87. The Morgan fingerprint density at radius 1 is 1.04 bits per heavy atom. The van der Waals surface area contributed by atoms with E-state index in [4.69, 9.17) is 24.3 Å². The third-order valence-electron chi connectivity index (χ3n) is 6.88. The first-order chi connectivity index (χ1) is 21.4. The molecule has 0 aromatic heterocycles. The van der Waals surface area contributed by atoms with Gasteiger partial charge in [0.05, 0.1) is 6.61 Å². The molecule has 0 fully saturated rings. The molecule has 0 aliphatic carbocycles. The molecule has 3 aromatic carbocycles. The van der Waals surface area contributed by atoms with E-state index in [-0.39, 0.29) is 37.5 Å². The van der Waals surface area contributed by atoms with E-state index in [0.29, 0.717) is 34.4 Å². The van der Waals surface area contributed by atoms with Crippen LogP contribution in [0.3, 0.4) is 0 Å². The first kappa shape index (κ1) is 34.0. The molecule has 1 aliphatic heterocycles. The molecule has 2 atom stereocenters. The number of nitrogens with zero attached hydrogens (tertiary/aromatic N) is 1. The number of esters is 1. The van der Waals surface area contributed by atoms with Crippen LogP contribution in [-0.4, -0.2) is 47.2 Å². The van der Waals surface area contributed by atoms with Crippen molar-refractivity contribution in [2.24, 2.45) is 4.99 Å². The third-order valence-corrected chi connectivity index (χ3v) is 7.60. The molecule has 0 saturated heterocycles.